The summed E-state index contributed by atoms with van der Waals surface area (Å²) < 4.78 is 0. The number of aromatic nitrogens is 1. The molecule has 0 unspecified atom stereocenters. The summed E-state index contributed by atoms with van der Waals surface area (Å²) in [5.74, 6) is -0.225. The number of carbonyl (C=O) groups excluding carboxylic acids is 1. The van der Waals surface area contributed by atoms with Gasteiger partial charge in [-0.2, -0.15) is 0 Å². The van der Waals surface area contributed by atoms with Crippen molar-refractivity contribution in [3.63, 3.8) is 0 Å². The average molecular weight is 351 g/mol. The fourth-order valence-corrected chi connectivity index (χ4v) is 2.77. The van der Waals surface area contributed by atoms with Crippen LogP contribution in [0.15, 0.2) is 54.7 Å². The molecule has 132 valence electrons. The van der Waals surface area contributed by atoms with E-state index in [2.05, 4.69) is 10.3 Å². The lowest BCUT2D eigenvalue weighted by Crippen LogP contribution is -2.28. The van der Waals surface area contributed by atoms with Gasteiger partial charge < -0.3 is 10.4 Å². The van der Waals surface area contributed by atoms with E-state index in [4.69, 9.17) is 0 Å². The Morgan fingerprint density at radius 2 is 1.96 bits per heavy atom. The Morgan fingerprint density at radius 1 is 1.23 bits per heavy atom. The summed E-state index contributed by atoms with van der Waals surface area (Å²) in [5.41, 5.74) is 1.50. The first kappa shape index (κ1) is 17.3. The molecule has 0 aliphatic carbocycles. The van der Waals surface area contributed by atoms with Crippen LogP contribution in [0.3, 0.4) is 0 Å². The maximum atomic E-state index is 12.0. The van der Waals surface area contributed by atoms with E-state index in [0.717, 1.165) is 5.39 Å². The monoisotopic (exact) mass is 351 g/mol. The first-order chi connectivity index (χ1) is 12.5. The Hall–Kier alpha value is -3.48. The highest BCUT2D eigenvalue weighted by Gasteiger charge is 2.22. The summed E-state index contributed by atoms with van der Waals surface area (Å²) in [6.07, 6.45) is 1.85. The topological polar surface area (TPSA) is 105 Å². The summed E-state index contributed by atoms with van der Waals surface area (Å²) in [5, 5.41) is 25.2. The van der Waals surface area contributed by atoms with Crippen LogP contribution in [-0.2, 0) is 4.79 Å². The minimum absolute atomic E-state index is 0.0251. The molecular weight excluding hydrogens is 334 g/mol. The summed E-state index contributed by atoms with van der Waals surface area (Å²) in [6.45, 7) is 1.73. The Labute approximate surface area is 149 Å². The van der Waals surface area contributed by atoms with Crippen LogP contribution in [0.25, 0.3) is 10.9 Å². The van der Waals surface area contributed by atoms with Crippen LogP contribution in [0.5, 0.6) is 5.75 Å². The zero-order chi connectivity index (χ0) is 18.7. The number of nitro groups is 1. The predicted molar refractivity (Wildman–Crippen MR) is 96.8 cm³/mol. The van der Waals surface area contributed by atoms with E-state index in [1.54, 1.807) is 37.4 Å². The number of fused-ring (bicyclic) bond motifs is 1. The zero-order valence-electron chi connectivity index (χ0n) is 14.0. The second-order valence-corrected chi connectivity index (χ2v) is 5.78. The molecule has 1 amide bonds. The third kappa shape index (κ3) is 3.32. The largest absolute Gasteiger partial charge is 0.505 e. The fourth-order valence-electron chi connectivity index (χ4n) is 2.77. The van der Waals surface area contributed by atoms with Crippen molar-refractivity contribution in [2.75, 3.05) is 0 Å². The molecule has 0 aliphatic heterocycles. The lowest BCUT2D eigenvalue weighted by atomic mass is 9.96. The van der Waals surface area contributed by atoms with E-state index in [0.29, 0.717) is 16.6 Å². The van der Waals surface area contributed by atoms with Crippen molar-refractivity contribution >= 4 is 22.5 Å². The number of aromatic hydroxyl groups is 1. The summed E-state index contributed by atoms with van der Waals surface area (Å²) >= 11 is 0. The molecule has 7 heteroatoms. The van der Waals surface area contributed by atoms with Crippen LogP contribution in [0.4, 0.5) is 5.69 Å². The van der Waals surface area contributed by atoms with E-state index >= 15 is 0 Å². The molecule has 1 aromatic heterocycles. The molecule has 0 fully saturated rings. The minimum Gasteiger partial charge on any atom is -0.505 e. The summed E-state index contributed by atoms with van der Waals surface area (Å²) in [6, 6.07) is 12.4. The molecule has 1 atom stereocenters. The molecule has 0 saturated heterocycles. The molecule has 0 bridgehead atoms. The lowest BCUT2D eigenvalue weighted by Gasteiger charge is -2.21. The lowest BCUT2D eigenvalue weighted by molar-refractivity contribution is -0.384. The van der Waals surface area contributed by atoms with Crippen LogP contribution in [0.1, 0.15) is 30.5 Å². The van der Waals surface area contributed by atoms with Crippen molar-refractivity contribution in [1.29, 1.82) is 0 Å². The number of carbonyl (C=O) groups is 1. The molecule has 0 saturated carbocycles. The fraction of sp³-hybridized carbons (Fsp3) is 0.158. The van der Waals surface area contributed by atoms with Crippen molar-refractivity contribution in [1.82, 2.24) is 10.3 Å². The van der Waals surface area contributed by atoms with Gasteiger partial charge in [0.15, 0.2) is 0 Å². The summed E-state index contributed by atoms with van der Waals surface area (Å²) in [4.78, 5) is 26.6. The van der Waals surface area contributed by atoms with Crippen molar-refractivity contribution in [2.24, 2.45) is 0 Å². The smallest absolute Gasteiger partial charge is 0.269 e. The number of non-ortho nitro benzene ring substituents is 1. The van der Waals surface area contributed by atoms with Gasteiger partial charge in [0.05, 0.1) is 11.0 Å². The number of hydrogen-bond acceptors (Lipinski definition) is 5. The van der Waals surface area contributed by atoms with Crippen LogP contribution < -0.4 is 5.32 Å². The van der Waals surface area contributed by atoms with E-state index in [-0.39, 0.29) is 23.8 Å². The van der Waals surface area contributed by atoms with Crippen LogP contribution in [0, 0.1) is 10.1 Å². The van der Waals surface area contributed by atoms with E-state index in [1.165, 1.54) is 12.1 Å². The second-order valence-electron chi connectivity index (χ2n) is 5.78. The number of pyridine rings is 1. The number of rotatable bonds is 5. The van der Waals surface area contributed by atoms with Gasteiger partial charge in [-0.05, 0) is 23.8 Å². The Bertz CT molecular complexity index is 970. The number of amides is 1. The molecular formula is C19H17N3O4. The quantitative estimate of drug-likeness (QED) is 0.541. The first-order valence-corrected chi connectivity index (χ1v) is 8.11. The number of benzene rings is 2. The molecule has 26 heavy (non-hydrogen) atoms. The van der Waals surface area contributed by atoms with E-state index < -0.39 is 11.0 Å². The van der Waals surface area contributed by atoms with Crippen molar-refractivity contribution in [3.8, 4) is 5.75 Å². The molecule has 3 aromatic rings. The van der Waals surface area contributed by atoms with Gasteiger partial charge in [-0.15, -0.1) is 0 Å². The van der Waals surface area contributed by atoms with Crippen molar-refractivity contribution < 1.29 is 14.8 Å². The second kappa shape index (κ2) is 7.18. The predicted octanol–water partition coefficient (Wildman–Crippen LogP) is 3.46. The number of nitro benzene ring substituents is 1. The highest BCUT2D eigenvalue weighted by Crippen LogP contribution is 2.34. The van der Waals surface area contributed by atoms with E-state index in [1.807, 2.05) is 12.1 Å². The average Bonchev–Trinajstić information content (AvgIpc) is 2.67. The van der Waals surface area contributed by atoms with Crippen molar-refractivity contribution in [2.45, 2.75) is 19.4 Å². The van der Waals surface area contributed by atoms with Crippen LogP contribution >= 0.6 is 0 Å². The number of nitrogens with one attached hydrogen (secondary N) is 1. The molecule has 2 N–H and O–H groups in total. The molecule has 0 aliphatic rings. The van der Waals surface area contributed by atoms with Gasteiger partial charge in [0.2, 0.25) is 5.91 Å². The van der Waals surface area contributed by atoms with Gasteiger partial charge >= 0.3 is 0 Å². The third-order valence-electron chi connectivity index (χ3n) is 4.15. The molecule has 1 heterocycles. The maximum absolute atomic E-state index is 12.0. The standard InChI is InChI=1S/C19H17N3O4/c1-2-16(23)21-17(13-5-8-14(9-6-13)22(25)26)15-10-7-12-4-3-11-20-18(12)19(15)24/h3-11,17,24H,2H2,1H3,(H,21,23)/t17-/m1/s1. The molecule has 0 spiro atoms. The number of phenols is 1. The first-order valence-electron chi connectivity index (χ1n) is 8.11. The highest BCUT2D eigenvalue weighted by molar-refractivity contribution is 5.86. The van der Waals surface area contributed by atoms with E-state index in [9.17, 15) is 20.0 Å². The van der Waals surface area contributed by atoms with Crippen LogP contribution in [0.2, 0.25) is 0 Å². The van der Waals surface area contributed by atoms with Gasteiger partial charge in [0, 0.05) is 35.7 Å². The zero-order valence-corrected chi connectivity index (χ0v) is 14.0. The maximum Gasteiger partial charge on any atom is 0.269 e. The molecule has 3 rings (SSSR count). The highest BCUT2D eigenvalue weighted by atomic mass is 16.6. The minimum atomic E-state index is -0.644. The van der Waals surface area contributed by atoms with Gasteiger partial charge in [-0.25, -0.2) is 0 Å². The molecule has 2 aromatic carbocycles. The Morgan fingerprint density at radius 3 is 2.62 bits per heavy atom. The van der Waals surface area contributed by atoms with Crippen LogP contribution in [-0.4, -0.2) is 20.9 Å². The van der Waals surface area contributed by atoms with Crippen molar-refractivity contribution in [3.05, 3.63) is 76.0 Å². The number of hydrogen-bond donors (Lipinski definition) is 2. The molecule has 0 radical (unpaired) electrons. The number of nitrogens with zero attached hydrogens (tertiary/aromatic N) is 2. The third-order valence-corrected chi connectivity index (χ3v) is 4.15. The Kier molecular flexibility index (Phi) is 4.79. The van der Waals surface area contributed by atoms with Gasteiger partial charge in [0.1, 0.15) is 11.3 Å². The SMILES string of the molecule is CCC(=O)N[C@H](c1ccc([N+](=O)[O-])cc1)c1ccc2cccnc2c1O. The van der Waals surface area contributed by atoms with Gasteiger partial charge in [0.25, 0.3) is 5.69 Å². The van der Waals surface area contributed by atoms with Gasteiger partial charge in [-0.3, -0.25) is 19.9 Å². The van der Waals surface area contributed by atoms with Gasteiger partial charge in [-0.1, -0.05) is 25.1 Å². The Balaban J connectivity index is 2.10. The number of phenolic OH excluding ortho intramolecular Hbond substituents is 1. The normalized spacial score (nSPS) is 11.9. The molecule has 7 nitrogen and oxygen atoms in total. The summed E-state index contributed by atoms with van der Waals surface area (Å²) in [7, 11) is 0.